The summed E-state index contributed by atoms with van der Waals surface area (Å²) in [5, 5.41) is 37.0. The van der Waals surface area contributed by atoms with Crippen LogP contribution in [-0.2, 0) is 6.42 Å². The van der Waals surface area contributed by atoms with E-state index in [-0.39, 0.29) is 23.0 Å². The van der Waals surface area contributed by atoms with Gasteiger partial charge in [-0.2, -0.15) is 0 Å². The summed E-state index contributed by atoms with van der Waals surface area (Å²) in [7, 11) is 0. The van der Waals surface area contributed by atoms with Gasteiger partial charge in [0.05, 0.1) is 11.4 Å². The van der Waals surface area contributed by atoms with Gasteiger partial charge in [-0.25, -0.2) is 5.10 Å². The number of hydrogen-bond acceptors (Lipinski definition) is 7. The Morgan fingerprint density at radius 3 is 2.81 bits per heavy atom. The Balaban J connectivity index is 2.41. The number of amides is 1. The van der Waals surface area contributed by atoms with E-state index in [0.717, 1.165) is 5.56 Å². The van der Waals surface area contributed by atoms with Crippen molar-refractivity contribution in [2.75, 3.05) is 5.32 Å². The third-order valence-electron chi connectivity index (χ3n) is 2.93. The molecule has 0 radical (unpaired) electrons. The van der Waals surface area contributed by atoms with Crippen molar-refractivity contribution in [1.29, 1.82) is 0 Å². The first kappa shape index (κ1) is 14.4. The zero-order valence-corrected chi connectivity index (χ0v) is 11.5. The Bertz CT molecular complexity index is 681. The molecule has 0 saturated carbocycles. The van der Waals surface area contributed by atoms with Crippen molar-refractivity contribution in [2.45, 2.75) is 20.3 Å². The molecule has 110 valence electrons. The predicted octanol–water partition coefficient (Wildman–Crippen LogP) is 0.918. The standard InChI is InChI=1S/C12H14N6O3/c1-3-7-4-8(6(2)16-21)10(19)9(5-7)13-12(20)11-14-17-18-15-11/h4-5,19,21H,3H2,1-2H3,(H,13,20)(H,14,15,17,18). The molecule has 1 aromatic heterocycles. The second kappa shape index (κ2) is 5.99. The van der Waals surface area contributed by atoms with Crippen molar-refractivity contribution in [1.82, 2.24) is 20.6 Å². The zero-order valence-electron chi connectivity index (χ0n) is 11.5. The molecule has 0 aliphatic heterocycles. The number of anilines is 1. The van der Waals surface area contributed by atoms with E-state index in [2.05, 4.69) is 31.1 Å². The quantitative estimate of drug-likeness (QED) is 0.286. The van der Waals surface area contributed by atoms with Gasteiger partial charge < -0.3 is 15.6 Å². The number of carbonyl (C=O) groups excluding carboxylic acids is 1. The number of carbonyl (C=O) groups is 1. The normalized spacial score (nSPS) is 11.4. The second-order valence-corrected chi connectivity index (χ2v) is 4.28. The maximum Gasteiger partial charge on any atom is 0.295 e. The predicted molar refractivity (Wildman–Crippen MR) is 73.6 cm³/mol. The number of aromatic amines is 1. The molecule has 0 fully saturated rings. The highest BCUT2D eigenvalue weighted by molar-refractivity contribution is 6.06. The molecule has 0 atom stereocenters. The summed E-state index contributed by atoms with van der Waals surface area (Å²) in [6.45, 7) is 3.47. The molecule has 4 N–H and O–H groups in total. The number of nitrogens with zero attached hydrogens (tertiary/aromatic N) is 4. The molecule has 2 rings (SSSR count). The molecule has 0 bridgehead atoms. The van der Waals surface area contributed by atoms with Gasteiger partial charge in [0.1, 0.15) is 5.75 Å². The number of hydrogen-bond donors (Lipinski definition) is 4. The lowest BCUT2D eigenvalue weighted by atomic mass is 10.0. The molecule has 21 heavy (non-hydrogen) atoms. The Hall–Kier alpha value is -2.97. The van der Waals surface area contributed by atoms with Crippen LogP contribution < -0.4 is 5.32 Å². The van der Waals surface area contributed by atoms with Gasteiger partial charge in [-0.05, 0) is 41.5 Å². The molecular weight excluding hydrogens is 276 g/mol. The van der Waals surface area contributed by atoms with Crippen molar-refractivity contribution in [3.8, 4) is 5.75 Å². The Morgan fingerprint density at radius 1 is 1.48 bits per heavy atom. The molecule has 1 heterocycles. The molecule has 0 aliphatic carbocycles. The lowest BCUT2D eigenvalue weighted by Gasteiger charge is -2.12. The Kier molecular flexibility index (Phi) is 4.12. The minimum absolute atomic E-state index is 0.0783. The number of aromatic hydroxyl groups is 1. The summed E-state index contributed by atoms with van der Waals surface area (Å²) in [6.07, 6.45) is 0.679. The van der Waals surface area contributed by atoms with E-state index >= 15 is 0 Å². The van der Waals surface area contributed by atoms with E-state index in [0.29, 0.717) is 12.0 Å². The third kappa shape index (κ3) is 2.96. The first-order valence-corrected chi connectivity index (χ1v) is 6.16. The molecule has 9 nitrogen and oxygen atoms in total. The minimum Gasteiger partial charge on any atom is -0.505 e. The lowest BCUT2D eigenvalue weighted by molar-refractivity contribution is 0.101. The van der Waals surface area contributed by atoms with Crippen LogP contribution in [0.2, 0.25) is 0 Å². The molecule has 0 spiro atoms. The maximum atomic E-state index is 11.9. The zero-order chi connectivity index (χ0) is 15.4. The first-order chi connectivity index (χ1) is 10.1. The van der Waals surface area contributed by atoms with Gasteiger partial charge in [0.15, 0.2) is 0 Å². The monoisotopic (exact) mass is 290 g/mol. The van der Waals surface area contributed by atoms with Gasteiger partial charge >= 0.3 is 0 Å². The summed E-state index contributed by atoms with van der Waals surface area (Å²) in [5.41, 5.74) is 1.62. The van der Waals surface area contributed by atoms with Crippen molar-refractivity contribution < 1.29 is 15.1 Å². The number of oxime groups is 1. The third-order valence-corrected chi connectivity index (χ3v) is 2.93. The van der Waals surface area contributed by atoms with Crippen LogP contribution in [0, 0.1) is 0 Å². The van der Waals surface area contributed by atoms with Crippen LogP contribution >= 0.6 is 0 Å². The topological polar surface area (TPSA) is 136 Å². The van der Waals surface area contributed by atoms with Crippen LogP contribution in [0.3, 0.4) is 0 Å². The summed E-state index contributed by atoms with van der Waals surface area (Å²) in [5.74, 6) is -0.859. The van der Waals surface area contributed by atoms with E-state index in [1.54, 1.807) is 19.1 Å². The molecule has 2 aromatic rings. The van der Waals surface area contributed by atoms with Gasteiger partial charge in [0.25, 0.3) is 5.91 Å². The Morgan fingerprint density at radius 2 is 2.24 bits per heavy atom. The van der Waals surface area contributed by atoms with Gasteiger partial charge in [0, 0.05) is 5.56 Å². The smallest absolute Gasteiger partial charge is 0.295 e. The average Bonchev–Trinajstić information content (AvgIpc) is 3.02. The van der Waals surface area contributed by atoms with Crippen LogP contribution in [0.4, 0.5) is 5.69 Å². The summed E-state index contributed by atoms with van der Waals surface area (Å²) in [6, 6.07) is 3.32. The number of aryl methyl sites for hydroxylation is 1. The number of H-pyrrole nitrogens is 1. The van der Waals surface area contributed by atoms with Crippen LogP contribution in [0.15, 0.2) is 17.3 Å². The number of phenols is 1. The second-order valence-electron chi connectivity index (χ2n) is 4.28. The molecule has 0 unspecified atom stereocenters. The minimum atomic E-state index is -0.590. The number of benzene rings is 1. The van der Waals surface area contributed by atoms with Crippen molar-refractivity contribution in [3.63, 3.8) is 0 Å². The largest absolute Gasteiger partial charge is 0.505 e. The fourth-order valence-corrected chi connectivity index (χ4v) is 1.76. The van der Waals surface area contributed by atoms with E-state index in [1.807, 2.05) is 6.92 Å². The highest BCUT2D eigenvalue weighted by Gasteiger charge is 2.17. The van der Waals surface area contributed by atoms with Crippen LogP contribution in [0.5, 0.6) is 5.75 Å². The van der Waals surface area contributed by atoms with Crippen molar-refractivity contribution in [3.05, 3.63) is 29.1 Å². The van der Waals surface area contributed by atoms with Gasteiger partial charge in [-0.1, -0.05) is 12.1 Å². The maximum absolute atomic E-state index is 11.9. The highest BCUT2D eigenvalue weighted by atomic mass is 16.4. The summed E-state index contributed by atoms with van der Waals surface area (Å²) < 4.78 is 0. The van der Waals surface area contributed by atoms with E-state index < -0.39 is 5.91 Å². The van der Waals surface area contributed by atoms with Crippen molar-refractivity contribution in [2.24, 2.45) is 5.16 Å². The van der Waals surface area contributed by atoms with Crippen LogP contribution in [-0.4, -0.2) is 42.6 Å². The van der Waals surface area contributed by atoms with Crippen LogP contribution in [0.25, 0.3) is 0 Å². The SMILES string of the molecule is CCc1cc(NC(=O)c2nnn[nH]2)c(O)c(C(C)=NO)c1. The van der Waals surface area contributed by atoms with Crippen LogP contribution in [0.1, 0.15) is 35.6 Å². The van der Waals surface area contributed by atoms with Crippen molar-refractivity contribution >= 4 is 17.3 Å². The Labute approximate surface area is 119 Å². The molecule has 1 amide bonds. The fraction of sp³-hybridized carbons (Fsp3) is 0.250. The van der Waals surface area contributed by atoms with E-state index in [4.69, 9.17) is 5.21 Å². The highest BCUT2D eigenvalue weighted by Crippen LogP contribution is 2.30. The number of nitrogens with one attached hydrogen (secondary N) is 2. The fourth-order valence-electron chi connectivity index (χ4n) is 1.76. The summed E-state index contributed by atoms with van der Waals surface area (Å²) >= 11 is 0. The number of rotatable bonds is 4. The van der Waals surface area contributed by atoms with Gasteiger partial charge in [-0.15, -0.1) is 5.10 Å². The molecule has 1 aromatic carbocycles. The molecule has 9 heteroatoms. The number of tetrazole rings is 1. The molecule has 0 saturated heterocycles. The molecule has 0 aliphatic rings. The van der Waals surface area contributed by atoms with Gasteiger partial charge in [0.2, 0.25) is 5.82 Å². The van der Waals surface area contributed by atoms with E-state index in [1.165, 1.54) is 0 Å². The average molecular weight is 290 g/mol. The molecular formula is C12H14N6O3. The van der Waals surface area contributed by atoms with E-state index in [9.17, 15) is 9.90 Å². The lowest BCUT2D eigenvalue weighted by Crippen LogP contribution is -2.15. The summed E-state index contributed by atoms with van der Waals surface area (Å²) in [4.78, 5) is 11.9. The first-order valence-electron chi connectivity index (χ1n) is 6.16. The number of phenolic OH excluding ortho intramolecular Hbond substituents is 1. The number of aromatic nitrogens is 4. The van der Waals surface area contributed by atoms with Gasteiger partial charge in [-0.3, -0.25) is 4.79 Å².